The minimum absolute atomic E-state index is 0.127. The molecule has 0 aliphatic rings. The number of benzene rings is 2. The summed E-state index contributed by atoms with van der Waals surface area (Å²) in [7, 11) is 0. The zero-order valence-electron chi connectivity index (χ0n) is 16.7. The van der Waals surface area contributed by atoms with Crippen LogP contribution in [0.3, 0.4) is 0 Å². The minimum Gasteiger partial charge on any atom is -0.325 e. The average Bonchev–Trinajstić information content (AvgIpc) is 3.09. The van der Waals surface area contributed by atoms with E-state index in [0.29, 0.717) is 12.2 Å². The number of pyridine rings is 2. The van der Waals surface area contributed by atoms with Gasteiger partial charge in [-0.2, -0.15) is 5.10 Å². The van der Waals surface area contributed by atoms with Crippen molar-refractivity contribution >= 4 is 49.3 Å². The summed E-state index contributed by atoms with van der Waals surface area (Å²) in [6, 6.07) is 18.3. The Morgan fingerprint density at radius 2 is 1.87 bits per heavy atom. The summed E-state index contributed by atoms with van der Waals surface area (Å²) in [6.07, 6.45) is 5.29. The van der Waals surface area contributed by atoms with Crippen molar-refractivity contribution in [3.05, 3.63) is 83.4 Å². The molecule has 0 fully saturated rings. The monoisotopic (exact) mass is 471 g/mol. The summed E-state index contributed by atoms with van der Waals surface area (Å²) in [6.45, 7) is 2.15. The van der Waals surface area contributed by atoms with Crippen LogP contribution in [0.15, 0.2) is 77.8 Å². The van der Waals surface area contributed by atoms with Gasteiger partial charge in [0.2, 0.25) is 5.91 Å². The molecule has 2 aromatic carbocycles. The van der Waals surface area contributed by atoms with Crippen molar-refractivity contribution in [3.63, 3.8) is 0 Å². The molecule has 3 aromatic heterocycles. The van der Waals surface area contributed by atoms with Gasteiger partial charge in [-0.1, -0.05) is 36.4 Å². The summed E-state index contributed by atoms with van der Waals surface area (Å²) < 4.78 is 2.75. The number of halogens is 1. The van der Waals surface area contributed by atoms with E-state index in [-0.39, 0.29) is 5.91 Å². The topological polar surface area (TPSA) is 72.7 Å². The van der Waals surface area contributed by atoms with E-state index in [1.807, 2.05) is 47.3 Å². The third-order valence-electron chi connectivity index (χ3n) is 5.11. The normalized spacial score (nSPS) is 11.2. The maximum atomic E-state index is 11.4. The summed E-state index contributed by atoms with van der Waals surface area (Å²) in [5.41, 5.74) is 5.60. The van der Waals surface area contributed by atoms with Gasteiger partial charge < -0.3 is 5.32 Å². The standard InChI is InChI=1S/C24H18BrN5O/c1-15(31)28-19-9-18(11-26-12-19)17-7-8-21-20(10-17)23-22(13-27-21)30(29-24(23)25)14-16-5-3-2-4-6-16/h2-13H,14H2,1H3,(H,28,31). The molecule has 31 heavy (non-hydrogen) atoms. The first kappa shape index (κ1) is 19.4. The Kier molecular flexibility index (Phi) is 4.95. The number of anilines is 1. The number of carbonyl (C=O) groups excluding carboxylic acids is 1. The molecule has 1 amide bonds. The number of nitrogens with one attached hydrogen (secondary N) is 1. The van der Waals surface area contributed by atoms with Crippen LogP contribution in [0.1, 0.15) is 12.5 Å². The van der Waals surface area contributed by atoms with E-state index in [2.05, 4.69) is 49.4 Å². The number of rotatable bonds is 4. The number of hydrogen-bond acceptors (Lipinski definition) is 4. The van der Waals surface area contributed by atoms with Crippen LogP contribution in [0, 0.1) is 0 Å². The summed E-state index contributed by atoms with van der Waals surface area (Å²) in [5.74, 6) is -0.127. The van der Waals surface area contributed by atoms with Gasteiger partial charge in [0.25, 0.3) is 0 Å². The Bertz CT molecular complexity index is 1430. The van der Waals surface area contributed by atoms with Gasteiger partial charge in [0.05, 0.1) is 35.7 Å². The Hall–Kier alpha value is -3.58. The molecule has 0 atom stereocenters. The van der Waals surface area contributed by atoms with Crippen LogP contribution in [0.2, 0.25) is 0 Å². The highest BCUT2D eigenvalue weighted by molar-refractivity contribution is 9.10. The summed E-state index contributed by atoms with van der Waals surface area (Å²) in [5, 5.41) is 9.53. The van der Waals surface area contributed by atoms with Crippen LogP contribution in [-0.2, 0) is 11.3 Å². The van der Waals surface area contributed by atoms with E-state index >= 15 is 0 Å². The van der Waals surface area contributed by atoms with Crippen LogP contribution in [-0.4, -0.2) is 25.7 Å². The first-order chi connectivity index (χ1) is 15.1. The maximum absolute atomic E-state index is 11.4. The number of nitrogens with zero attached hydrogens (tertiary/aromatic N) is 4. The van der Waals surface area contributed by atoms with Gasteiger partial charge in [0.1, 0.15) is 4.60 Å². The molecular formula is C24H18BrN5O. The van der Waals surface area contributed by atoms with Crippen molar-refractivity contribution in [2.24, 2.45) is 0 Å². The van der Waals surface area contributed by atoms with Crippen molar-refractivity contribution in [1.82, 2.24) is 19.7 Å². The van der Waals surface area contributed by atoms with E-state index in [4.69, 9.17) is 5.10 Å². The number of carbonyl (C=O) groups is 1. The van der Waals surface area contributed by atoms with Gasteiger partial charge in [-0.05, 0) is 45.3 Å². The Morgan fingerprint density at radius 1 is 1.03 bits per heavy atom. The molecule has 0 bridgehead atoms. The largest absolute Gasteiger partial charge is 0.325 e. The van der Waals surface area contributed by atoms with Crippen LogP contribution < -0.4 is 5.32 Å². The van der Waals surface area contributed by atoms with Crippen molar-refractivity contribution in [1.29, 1.82) is 0 Å². The van der Waals surface area contributed by atoms with Crippen molar-refractivity contribution < 1.29 is 4.79 Å². The molecule has 1 N–H and O–H groups in total. The first-order valence-electron chi connectivity index (χ1n) is 9.80. The fraction of sp³-hybridized carbons (Fsp3) is 0.0833. The second kappa shape index (κ2) is 7.92. The predicted octanol–water partition coefficient (Wildman–Crippen LogP) is 5.42. The number of fused-ring (bicyclic) bond motifs is 3. The van der Waals surface area contributed by atoms with Crippen molar-refractivity contribution in [3.8, 4) is 11.1 Å². The van der Waals surface area contributed by atoms with Gasteiger partial charge in [-0.3, -0.25) is 19.4 Å². The highest BCUT2D eigenvalue weighted by Crippen LogP contribution is 2.33. The highest BCUT2D eigenvalue weighted by Gasteiger charge is 2.14. The fourth-order valence-corrected chi connectivity index (χ4v) is 4.34. The molecule has 0 unspecified atom stereocenters. The second-order valence-electron chi connectivity index (χ2n) is 7.33. The smallest absolute Gasteiger partial charge is 0.221 e. The van der Waals surface area contributed by atoms with Crippen LogP contribution in [0.5, 0.6) is 0 Å². The van der Waals surface area contributed by atoms with Gasteiger partial charge in [-0.25, -0.2) is 0 Å². The van der Waals surface area contributed by atoms with Crippen molar-refractivity contribution in [2.75, 3.05) is 5.32 Å². The van der Waals surface area contributed by atoms with Crippen LogP contribution in [0.4, 0.5) is 5.69 Å². The lowest BCUT2D eigenvalue weighted by Crippen LogP contribution is -2.05. The molecule has 152 valence electrons. The third kappa shape index (κ3) is 3.80. The molecule has 0 aliphatic heterocycles. The average molecular weight is 472 g/mol. The Balaban J connectivity index is 1.63. The molecule has 0 spiro atoms. The SMILES string of the molecule is CC(=O)Nc1cncc(-c2ccc3ncc4c(c(Br)nn4Cc4ccccc4)c3c2)c1. The Labute approximate surface area is 187 Å². The molecule has 7 heteroatoms. The summed E-state index contributed by atoms with van der Waals surface area (Å²) >= 11 is 3.65. The number of hydrogen-bond donors (Lipinski definition) is 1. The molecule has 5 aromatic rings. The van der Waals surface area contributed by atoms with Crippen LogP contribution in [0.25, 0.3) is 32.9 Å². The van der Waals surface area contributed by atoms with E-state index in [9.17, 15) is 4.79 Å². The molecule has 0 saturated carbocycles. The van der Waals surface area contributed by atoms with E-state index in [0.717, 1.165) is 37.5 Å². The van der Waals surface area contributed by atoms with E-state index < -0.39 is 0 Å². The number of aromatic nitrogens is 4. The number of amides is 1. The maximum Gasteiger partial charge on any atom is 0.221 e. The lowest BCUT2D eigenvalue weighted by molar-refractivity contribution is -0.114. The third-order valence-corrected chi connectivity index (χ3v) is 5.66. The quantitative estimate of drug-likeness (QED) is 0.380. The molecule has 5 rings (SSSR count). The fourth-order valence-electron chi connectivity index (χ4n) is 3.73. The highest BCUT2D eigenvalue weighted by atomic mass is 79.9. The second-order valence-corrected chi connectivity index (χ2v) is 8.08. The minimum atomic E-state index is -0.127. The molecule has 6 nitrogen and oxygen atoms in total. The van der Waals surface area contributed by atoms with E-state index in [1.165, 1.54) is 12.5 Å². The molecule has 0 radical (unpaired) electrons. The molecule has 0 aliphatic carbocycles. The first-order valence-corrected chi connectivity index (χ1v) is 10.6. The van der Waals surface area contributed by atoms with Gasteiger partial charge in [0.15, 0.2) is 0 Å². The van der Waals surface area contributed by atoms with Gasteiger partial charge >= 0.3 is 0 Å². The predicted molar refractivity (Wildman–Crippen MR) is 126 cm³/mol. The zero-order valence-corrected chi connectivity index (χ0v) is 18.3. The molecular weight excluding hydrogens is 454 g/mol. The van der Waals surface area contributed by atoms with Gasteiger partial charge in [-0.15, -0.1) is 0 Å². The van der Waals surface area contributed by atoms with Crippen LogP contribution >= 0.6 is 15.9 Å². The Morgan fingerprint density at radius 3 is 2.68 bits per heavy atom. The van der Waals surface area contributed by atoms with Crippen molar-refractivity contribution in [2.45, 2.75) is 13.5 Å². The molecule has 0 saturated heterocycles. The lowest BCUT2D eigenvalue weighted by Gasteiger charge is -2.08. The lowest BCUT2D eigenvalue weighted by atomic mass is 10.0. The van der Waals surface area contributed by atoms with E-state index in [1.54, 1.807) is 12.4 Å². The zero-order chi connectivity index (χ0) is 21.4. The summed E-state index contributed by atoms with van der Waals surface area (Å²) in [4.78, 5) is 20.3. The molecule has 3 heterocycles. The van der Waals surface area contributed by atoms with Gasteiger partial charge in [0, 0.05) is 29.5 Å².